The van der Waals surface area contributed by atoms with E-state index in [0.29, 0.717) is 23.8 Å². The molecule has 2 rings (SSSR count). The van der Waals surface area contributed by atoms with E-state index in [1.807, 2.05) is 42.5 Å². The summed E-state index contributed by atoms with van der Waals surface area (Å²) >= 11 is 0. The Morgan fingerprint density at radius 1 is 1.19 bits per heavy atom. The lowest BCUT2D eigenvalue weighted by atomic mass is 10.0. The quantitative estimate of drug-likeness (QED) is 0.815. The number of carbonyl (C=O) groups is 1. The van der Waals surface area contributed by atoms with E-state index in [0.717, 1.165) is 12.0 Å². The maximum atomic E-state index is 12.4. The Bertz CT molecular complexity index is 583. The monoisotopic (exact) mass is 283 g/mol. The van der Waals surface area contributed by atoms with Gasteiger partial charge in [0.25, 0.3) is 5.91 Å². The summed E-state index contributed by atoms with van der Waals surface area (Å²) in [6.07, 6.45) is 4.35. The Balaban J connectivity index is 2.18. The van der Waals surface area contributed by atoms with Crippen LogP contribution in [0.15, 0.2) is 53.1 Å². The Kier molecular flexibility index (Phi) is 5.38. The van der Waals surface area contributed by atoms with Gasteiger partial charge in [-0.2, -0.15) is 0 Å². The minimum Gasteiger partial charge on any atom is -0.465 e. The SMILES string of the molecule is CC(C)CCNC(=O)C(=Cc1ccco1)c1ccccc1. The van der Waals surface area contributed by atoms with Gasteiger partial charge in [0.05, 0.1) is 11.8 Å². The lowest BCUT2D eigenvalue weighted by Gasteiger charge is -2.10. The van der Waals surface area contributed by atoms with Crippen molar-refractivity contribution in [2.75, 3.05) is 6.54 Å². The highest BCUT2D eigenvalue weighted by Gasteiger charge is 2.12. The molecule has 0 fully saturated rings. The fourth-order valence-electron chi connectivity index (χ4n) is 1.98. The molecule has 0 atom stereocenters. The Labute approximate surface area is 125 Å². The minimum absolute atomic E-state index is 0.0711. The predicted octanol–water partition coefficient (Wildman–Crippen LogP) is 3.98. The molecule has 1 N–H and O–H groups in total. The summed E-state index contributed by atoms with van der Waals surface area (Å²) in [6, 6.07) is 13.3. The maximum Gasteiger partial charge on any atom is 0.252 e. The number of amides is 1. The topological polar surface area (TPSA) is 42.2 Å². The third kappa shape index (κ3) is 4.63. The molecule has 1 amide bonds. The molecule has 1 aromatic carbocycles. The largest absolute Gasteiger partial charge is 0.465 e. The van der Waals surface area contributed by atoms with Gasteiger partial charge in [0.1, 0.15) is 5.76 Å². The molecular formula is C18H21NO2. The third-order valence-corrected chi connectivity index (χ3v) is 3.17. The molecule has 2 aromatic rings. The summed E-state index contributed by atoms with van der Waals surface area (Å²) in [5.41, 5.74) is 1.50. The summed E-state index contributed by atoms with van der Waals surface area (Å²) in [5.74, 6) is 1.17. The first kappa shape index (κ1) is 15.1. The number of nitrogens with one attached hydrogen (secondary N) is 1. The predicted molar refractivity (Wildman–Crippen MR) is 85.5 cm³/mol. The summed E-state index contributed by atoms with van der Waals surface area (Å²) < 4.78 is 5.32. The van der Waals surface area contributed by atoms with Crippen LogP contribution in [0, 0.1) is 5.92 Å². The highest BCUT2D eigenvalue weighted by molar-refractivity contribution is 6.24. The van der Waals surface area contributed by atoms with Gasteiger partial charge in [-0.05, 0) is 36.1 Å². The maximum absolute atomic E-state index is 12.4. The van der Waals surface area contributed by atoms with Crippen LogP contribution in [0.3, 0.4) is 0 Å². The highest BCUT2D eigenvalue weighted by atomic mass is 16.3. The van der Waals surface area contributed by atoms with E-state index >= 15 is 0 Å². The summed E-state index contributed by atoms with van der Waals surface area (Å²) in [4.78, 5) is 12.4. The fourth-order valence-corrected chi connectivity index (χ4v) is 1.98. The van der Waals surface area contributed by atoms with Crippen molar-refractivity contribution < 1.29 is 9.21 Å². The zero-order valence-electron chi connectivity index (χ0n) is 12.5. The summed E-state index contributed by atoms with van der Waals surface area (Å²) in [5, 5.41) is 2.98. The molecule has 3 nitrogen and oxygen atoms in total. The molecule has 110 valence electrons. The van der Waals surface area contributed by atoms with E-state index in [1.165, 1.54) is 0 Å². The van der Waals surface area contributed by atoms with E-state index in [4.69, 9.17) is 4.42 Å². The standard InChI is InChI=1S/C18H21NO2/c1-14(2)10-11-19-18(20)17(13-16-9-6-12-21-16)15-7-4-3-5-8-15/h3-9,12-14H,10-11H2,1-2H3,(H,19,20). The zero-order chi connectivity index (χ0) is 15.1. The minimum atomic E-state index is -0.0711. The number of hydrogen-bond acceptors (Lipinski definition) is 2. The fraction of sp³-hybridized carbons (Fsp3) is 0.278. The van der Waals surface area contributed by atoms with Gasteiger partial charge >= 0.3 is 0 Å². The van der Waals surface area contributed by atoms with Gasteiger partial charge in [-0.1, -0.05) is 44.2 Å². The van der Waals surface area contributed by atoms with Crippen molar-refractivity contribution in [1.82, 2.24) is 5.32 Å². The van der Waals surface area contributed by atoms with Gasteiger partial charge in [0, 0.05) is 6.54 Å². The Morgan fingerprint density at radius 2 is 1.95 bits per heavy atom. The number of rotatable bonds is 6. The Hall–Kier alpha value is -2.29. The van der Waals surface area contributed by atoms with Gasteiger partial charge in [0.15, 0.2) is 0 Å². The van der Waals surface area contributed by atoms with Crippen molar-refractivity contribution in [3.05, 3.63) is 60.1 Å². The van der Waals surface area contributed by atoms with E-state index in [-0.39, 0.29) is 5.91 Å². The van der Waals surface area contributed by atoms with Crippen molar-refractivity contribution in [2.24, 2.45) is 5.92 Å². The average molecular weight is 283 g/mol. The van der Waals surface area contributed by atoms with Gasteiger partial charge in [-0.25, -0.2) is 0 Å². The second kappa shape index (κ2) is 7.48. The molecule has 0 saturated carbocycles. The Morgan fingerprint density at radius 3 is 2.57 bits per heavy atom. The molecule has 1 heterocycles. The van der Waals surface area contributed by atoms with Gasteiger partial charge in [-0.3, -0.25) is 4.79 Å². The second-order valence-electron chi connectivity index (χ2n) is 5.38. The van der Waals surface area contributed by atoms with Crippen molar-refractivity contribution in [1.29, 1.82) is 0 Å². The molecule has 0 aliphatic rings. The summed E-state index contributed by atoms with van der Waals surface area (Å²) in [7, 11) is 0. The van der Waals surface area contributed by atoms with E-state index in [9.17, 15) is 4.79 Å². The van der Waals surface area contributed by atoms with Crippen molar-refractivity contribution in [3.63, 3.8) is 0 Å². The second-order valence-corrected chi connectivity index (χ2v) is 5.38. The molecule has 0 aliphatic heterocycles. The number of furan rings is 1. The van der Waals surface area contributed by atoms with Crippen LogP contribution in [0.25, 0.3) is 11.6 Å². The van der Waals surface area contributed by atoms with Crippen LogP contribution in [0.5, 0.6) is 0 Å². The number of hydrogen-bond donors (Lipinski definition) is 1. The molecule has 0 saturated heterocycles. The van der Waals surface area contributed by atoms with Crippen LogP contribution in [-0.4, -0.2) is 12.5 Å². The normalized spacial score (nSPS) is 11.7. The molecule has 0 unspecified atom stereocenters. The van der Waals surface area contributed by atoms with Crippen LogP contribution in [0.2, 0.25) is 0 Å². The van der Waals surface area contributed by atoms with Crippen molar-refractivity contribution >= 4 is 17.6 Å². The van der Waals surface area contributed by atoms with Crippen molar-refractivity contribution in [3.8, 4) is 0 Å². The van der Waals surface area contributed by atoms with Crippen LogP contribution >= 0.6 is 0 Å². The smallest absolute Gasteiger partial charge is 0.252 e. The lowest BCUT2D eigenvalue weighted by Crippen LogP contribution is -2.26. The number of carbonyl (C=O) groups excluding carboxylic acids is 1. The molecule has 0 radical (unpaired) electrons. The molecule has 1 aromatic heterocycles. The first-order chi connectivity index (χ1) is 10.2. The zero-order valence-corrected chi connectivity index (χ0v) is 12.5. The van der Waals surface area contributed by atoms with E-state index in [2.05, 4.69) is 19.2 Å². The van der Waals surface area contributed by atoms with Crippen molar-refractivity contribution in [2.45, 2.75) is 20.3 Å². The highest BCUT2D eigenvalue weighted by Crippen LogP contribution is 2.18. The van der Waals surface area contributed by atoms with Crippen LogP contribution in [0.4, 0.5) is 0 Å². The lowest BCUT2D eigenvalue weighted by molar-refractivity contribution is -0.115. The van der Waals surface area contributed by atoms with Gasteiger partial charge in [0.2, 0.25) is 0 Å². The average Bonchev–Trinajstić information content (AvgIpc) is 2.98. The first-order valence-corrected chi connectivity index (χ1v) is 7.25. The van der Waals surface area contributed by atoms with Crippen LogP contribution in [0.1, 0.15) is 31.6 Å². The third-order valence-electron chi connectivity index (χ3n) is 3.17. The molecular weight excluding hydrogens is 262 g/mol. The van der Waals surface area contributed by atoms with E-state index in [1.54, 1.807) is 12.3 Å². The van der Waals surface area contributed by atoms with Gasteiger partial charge in [-0.15, -0.1) is 0 Å². The molecule has 0 bridgehead atoms. The first-order valence-electron chi connectivity index (χ1n) is 7.25. The molecule has 21 heavy (non-hydrogen) atoms. The van der Waals surface area contributed by atoms with Gasteiger partial charge < -0.3 is 9.73 Å². The van der Waals surface area contributed by atoms with E-state index < -0.39 is 0 Å². The molecule has 0 spiro atoms. The number of benzene rings is 1. The molecule has 3 heteroatoms. The summed E-state index contributed by atoms with van der Waals surface area (Å²) in [6.45, 7) is 4.96. The van der Waals surface area contributed by atoms with Crippen LogP contribution < -0.4 is 5.32 Å². The van der Waals surface area contributed by atoms with Crippen LogP contribution in [-0.2, 0) is 4.79 Å². The molecule has 0 aliphatic carbocycles.